The number of Topliss-reactive ketones (excluding diaryl/α,β-unsaturated/α-hetero) is 2. The standard InChI is InChI=1S/C18H20O3/c1-12-6-8-15(9-7-12)17-16(11-19)5-4-10-18(17,13(2)20)14(3)21/h5-9,11,17H,4,10H2,1-3H3/t17-/m1/s1. The van der Waals surface area contributed by atoms with Gasteiger partial charge in [0.2, 0.25) is 0 Å². The van der Waals surface area contributed by atoms with E-state index >= 15 is 0 Å². The van der Waals surface area contributed by atoms with Crippen LogP contribution in [0.2, 0.25) is 0 Å². The van der Waals surface area contributed by atoms with Crippen LogP contribution in [0.15, 0.2) is 35.9 Å². The van der Waals surface area contributed by atoms with Gasteiger partial charge in [0, 0.05) is 5.92 Å². The van der Waals surface area contributed by atoms with Gasteiger partial charge in [-0.3, -0.25) is 14.4 Å². The highest BCUT2D eigenvalue weighted by Gasteiger charge is 2.50. The van der Waals surface area contributed by atoms with Crippen LogP contribution in [0.3, 0.4) is 0 Å². The number of ketones is 2. The summed E-state index contributed by atoms with van der Waals surface area (Å²) < 4.78 is 0. The van der Waals surface area contributed by atoms with E-state index in [4.69, 9.17) is 0 Å². The Morgan fingerprint density at radius 1 is 1.14 bits per heavy atom. The van der Waals surface area contributed by atoms with E-state index in [1.54, 1.807) is 0 Å². The van der Waals surface area contributed by atoms with E-state index in [-0.39, 0.29) is 11.6 Å². The predicted molar refractivity (Wildman–Crippen MR) is 81.1 cm³/mol. The number of allylic oxidation sites excluding steroid dienone is 2. The first-order valence-corrected chi connectivity index (χ1v) is 7.17. The SMILES string of the molecule is CC(=O)C1(C(C)=O)CCC=C(C=O)[C@H]1c1ccc(C)cc1. The highest BCUT2D eigenvalue weighted by atomic mass is 16.2. The van der Waals surface area contributed by atoms with E-state index in [0.717, 1.165) is 17.4 Å². The molecule has 0 saturated heterocycles. The van der Waals surface area contributed by atoms with Crippen LogP contribution in [-0.4, -0.2) is 17.9 Å². The van der Waals surface area contributed by atoms with E-state index in [9.17, 15) is 14.4 Å². The summed E-state index contributed by atoms with van der Waals surface area (Å²) in [6, 6.07) is 7.70. The zero-order valence-electron chi connectivity index (χ0n) is 12.7. The maximum absolute atomic E-state index is 12.3. The molecule has 3 nitrogen and oxygen atoms in total. The maximum Gasteiger partial charge on any atom is 0.146 e. The number of hydrogen-bond acceptors (Lipinski definition) is 3. The second kappa shape index (κ2) is 5.76. The van der Waals surface area contributed by atoms with Crippen LogP contribution in [0.25, 0.3) is 0 Å². The fourth-order valence-electron chi connectivity index (χ4n) is 3.37. The first-order valence-electron chi connectivity index (χ1n) is 7.17. The quantitative estimate of drug-likeness (QED) is 0.630. The van der Waals surface area contributed by atoms with Crippen molar-refractivity contribution in [3.63, 3.8) is 0 Å². The lowest BCUT2D eigenvalue weighted by atomic mass is 9.59. The topological polar surface area (TPSA) is 51.2 Å². The highest BCUT2D eigenvalue weighted by Crippen LogP contribution is 2.48. The molecule has 0 aliphatic heterocycles. The van der Waals surface area contributed by atoms with Gasteiger partial charge in [0.25, 0.3) is 0 Å². The highest BCUT2D eigenvalue weighted by molar-refractivity contribution is 6.07. The monoisotopic (exact) mass is 284 g/mol. The molecule has 1 aromatic carbocycles. The van der Waals surface area contributed by atoms with Gasteiger partial charge in [-0.25, -0.2) is 0 Å². The summed E-state index contributed by atoms with van der Waals surface area (Å²) in [7, 11) is 0. The average Bonchev–Trinajstić information content (AvgIpc) is 2.46. The number of carbonyl (C=O) groups is 3. The molecule has 1 atom stereocenters. The van der Waals surface area contributed by atoms with Crippen LogP contribution >= 0.6 is 0 Å². The minimum atomic E-state index is -1.11. The van der Waals surface area contributed by atoms with E-state index in [1.165, 1.54) is 13.8 Å². The van der Waals surface area contributed by atoms with E-state index in [0.29, 0.717) is 18.4 Å². The zero-order chi connectivity index (χ0) is 15.6. The third kappa shape index (κ3) is 2.48. The second-order valence-electron chi connectivity index (χ2n) is 5.79. The van der Waals surface area contributed by atoms with Gasteiger partial charge in [0.05, 0.1) is 5.41 Å². The van der Waals surface area contributed by atoms with Gasteiger partial charge >= 0.3 is 0 Å². The first kappa shape index (κ1) is 15.4. The number of aryl methyl sites for hydroxylation is 1. The molecule has 0 amide bonds. The lowest BCUT2D eigenvalue weighted by Gasteiger charge is -2.40. The first-order chi connectivity index (χ1) is 9.93. The summed E-state index contributed by atoms with van der Waals surface area (Å²) in [4.78, 5) is 36.1. The molecule has 0 bridgehead atoms. The van der Waals surface area contributed by atoms with Crippen LogP contribution in [-0.2, 0) is 14.4 Å². The van der Waals surface area contributed by atoms with E-state index in [2.05, 4.69) is 0 Å². The molecule has 0 aromatic heterocycles. The van der Waals surface area contributed by atoms with E-state index in [1.807, 2.05) is 37.3 Å². The Morgan fingerprint density at radius 3 is 2.19 bits per heavy atom. The fraction of sp³-hybridized carbons (Fsp3) is 0.389. The predicted octanol–water partition coefficient (Wildman–Crippen LogP) is 3.16. The summed E-state index contributed by atoms with van der Waals surface area (Å²) in [6.45, 7) is 4.89. The summed E-state index contributed by atoms with van der Waals surface area (Å²) in [5, 5.41) is 0. The Morgan fingerprint density at radius 2 is 1.71 bits per heavy atom. The van der Waals surface area contributed by atoms with Gasteiger partial charge < -0.3 is 0 Å². The largest absolute Gasteiger partial charge is 0.299 e. The van der Waals surface area contributed by atoms with Gasteiger partial charge in [0.1, 0.15) is 17.9 Å². The van der Waals surface area contributed by atoms with Gasteiger partial charge in [-0.15, -0.1) is 0 Å². The lowest BCUT2D eigenvalue weighted by Crippen LogP contribution is -2.44. The Kier molecular flexibility index (Phi) is 4.21. The normalized spacial score (nSPS) is 20.5. The molecule has 110 valence electrons. The molecule has 0 saturated carbocycles. The molecule has 3 heteroatoms. The summed E-state index contributed by atoms with van der Waals surface area (Å²) in [6.07, 6.45) is 3.68. The lowest BCUT2D eigenvalue weighted by molar-refractivity contribution is -0.140. The third-order valence-electron chi connectivity index (χ3n) is 4.55. The van der Waals surface area contributed by atoms with Crippen molar-refractivity contribution in [3.8, 4) is 0 Å². The summed E-state index contributed by atoms with van der Waals surface area (Å²) in [5.41, 5.74) is 1.38. The molecular formula is C18H20O3. The minimum absolute atomic E-state index is 0.159. The number of benzene rings is 1. The van der Waals surface area contributed by atoms with Crippen molar-refractivity contribution < 1.29 is 14.4 Å². The minimum Gasteiger partial charge on any atom is -0.299 e. The summed E-state index contributed by atoms with van der Waals surface area (Å²) in [5.74, 6) is -0.791. The Bertz CT molecular complexity index is 594. The molecule has 0 heterocycles. The van der Waals surface area contributed by atoms with E-state index < -0.39 is 11.3 Å². The molecule has 21 heavy (non-hydrogen) atoms. The van der Waals surface area contributed by atoms with Crippen molar-refractivity contribution in [2.75, 3.05) is 0 Å². The van der Waals surface area contributed by atoms with Crippen molar-refractivity contribution in [1.29, 1.82) is 0 Å². The Balaban J connectivity index is 2.67. The number of carbonyl (C=O) groups excluding carboxylic acids is 3. The average molecular weight is 284 g/mol. The fourth-order valence-corrected chi connectivity index (χ4v) is 3.37. The molecule has 1 aromatic rings. The molecule has 0 radical (unpaired) electrons. The molecule has 0 unspecified atom stereocenters. The van der Waals surface area contributed by atoms with Crippen molar-refractivity contribution >= 4 is 17.9 Å². The van der Waals surface area contributed by atoms with Gasteiger partial charge in [0.15, 0.2) is 0 Å². The van der Waals surface area contributed by atoms with Crippen LogP contribution < -0.4 is 0 Å². The van der Waals surface area contributed by atoms with Crippen molar-refractivity contribution in [2.24, 2.45) is 5.41 Å². The maximum atomic E-state index is 12.3. The molecular weight excluding hydrogens is 264 g/mol. The molecule has 0 N–H and O–H groups in total. The zero-order valence-corrected chi connectivity index (χ0v) is 12.7. The second-order valence-corrected chi connectivity index (χ2v) is 5.79. The van der Waals surface area contributed by atoms with Gasteiger partial charge in [-0.1, -0.05) is 35.9 Å². The third-order valence-corrected chi connectivity index (χ3v) is 4.55. The van der Waals surface area contributed by atoms with Crippen LogP contribution in [0.4, 0.5) is 0 Å². The molecule has 1 aliphatic rings. The van der Waals surface area contributed by atoms with Crippen molar-refractivity contribution in [1.82, 2.24) is 0 Å². The molecule has 0 fully saturated rings. The number of aldehydes is 1. The number of hydrogen-bond donors (Lipinski definition) is 0. The van der Waals surface area contributed by atoms with Crippen molar-refractivity contribution in [2.45, 2.75) is 39.5 Å². The number of rotatable bonds is 4. The smallest absolute Gasteiger partial charge is 0.146 e. The van der Waals surface area contributed by atoms with Crippen LogP contribution in [0.1, 0.15) is 43.7 Å². The summed E-state index contributed by atoms with van der Waals surface area (Å²) >= 11 is 0. The van der Waals surface area contributed by atoms with Gasteiger partial charge in [-0.05, 0) is 44.7 Å². The molecule has 0 spiro atoms. The molecule has 2 rings (SSSR count). The Labute approximate surface area is 125 Å². The molecule has 1 aliphatic carbocycles. The Hall–Kier alpha value is -2.03. The van der Waals surface area contributed by atoms with Crippen LogP contribution in [0, 0.1) is 12.3 Å². The van der Waals surface area contributed by atoms with Crippen molar-refractivity contribution in [3.05, 3.63) is 47.0 Å². The van der Waals surface area contributed by atoms with Crippen LogP contribution in [0.5, 0.6) is 0 Å². The van der Waals surface area contributed by atoms with Gasteiger partial charge in [-0.2, -0.15) is 0 Å².